The molecule has 1 aliphatic rings. The smallest absolute Gasteiger partial charge is 0.354 e. The van der Waals surface area contributed by atoms with Gasteiger partial charge in [0.25, 0.3) is 5.91 Å². The summed E-state index contributed by atoms with van der Waals surface area (Å²) in [6, 6.07) is 12.1. The van der Waals surface area contributed by atoms with Crippen molar-refractivity contribution in [2.75, 3.05) is 13.9 Å². The summed E-state index contributed by atoms with van der Waals surface area (Å²) in [6.07, 6.45) is 1.52. The number of ether oxygens (including phenoxy) is 3. The second-order valence-corrected chi connectivity index (χ2v) is 6.04. The van der Waals surface area contributed by atoms with Crippen molar-refractivity contribution in [3.05, 3.63) is 63.8 Å². The first-order chi connectivity index (χ1) is 12.1. The van der Waals surface area contributed by atoms with Gasteiger partial charge in [-0.05, 0) is 42.0 Å². The molecule has 1 N–H and O–H groups in total. The zero-order chi connectivity index (χ0) is 17.8. The summed E-state index contributed by atoms with van der Waals surface area (Å²) in [5.74, 6) is 0.144. The van der Waals surface area contributed by atoms with Crippen molar-refractivity contribution in [1.29, 1.82) is 0 Å². The number of carbonyl (C=O) groups excluding carboxylic acids is 2. The van der Waals surface area contributed by atoms with Crippen LogP contribution in [0.2, 0.25) is 0 Å². The Morgan fingerprint density at radius 2 is 1.96 bits per heavy atom. The van der Waals surface area contributed by atoms with Crippen LogP contribution in [0.1, 0.15) is 15.9 Å². The maximum atomic E-state index is 12.4. The summed E-state index contributed by atoms with van der Waals surface area (Å²) >= 11 is 3.31. The molecule has 0 saturated carbocycles. The SMILES string of the molecule is COC(=O)C(=Cc1ccc2c(c1)OCO2)NC(=O)c1cccc(Br)c1. The number of benzene rings is 2. The van der Waals surface area contributed by atoms with E-state index in [-0.39, 0.29) is 12.5 Å². The molecule has 1 aliphatic heterocycles. The third-order valence-electron chi connectivity index (χ3n) is 3.45. The molecule has 128 valence electrons. The first-order valence-corrected chi connectivity index (χ1v) is 8.12. The molecule has 0 unspecified atom stereocenters. The minimum absolute atomic E-state index is 0.0198. The lowest BCUT2D eigenvalue weighted by Gasteiger charge is -2.09. The van der Waals surface area contributed by atoms with E-state index in [9.17, 15) is 9.59 Å². The topological polar surface area (TPSA) is 73.9 Å². The molecule has 0 aromatic heterocycles. The second kappa shape index (κ2) is 7.40. The summed E-state index contributed by atoms with van der Waals surface area (Å²) in [5.41, 5.74) is 1.10. The number of hydrogen-bond acceptors (Lipinski definition) is 5. The molecular weight excluding hydrogens is 390 g/mol. The highest BCUT2D eigenvalue weighted by molar-refractivity contribution is 9.10. The van der Waals surface area contributed by atoms with E-state index in [2.05, 4.69) is 21.2 Å². The van der Waals surface area contributed by atoms with E-state index < -0.39 is 11.9 Å². The van der Waals surface area contributed by atoms with Crippen LogP contribution in [0.25, 0.3) is 6.08 Å². The fourth-order valence-electron chi connectivity index (χ4n) is 2.25. The molecule has 1 heterocycles. The monoisotopic (exact) mass is 403 g/mol. The number of carbonyl (C=O) groups is 2. The van der Waals surface area contributed by atoms with Gasteiger partial charge in [0.05, 0.1) is 7.11 Å². The number of amides is 1. The van der Waals surface area contributed by atoms with Gasteiger partial charge >= 0.3 is 5.97 Å². The molecule has 0 atom stereocenters. The number of methoxy groups -OCH3 is 1. The maximum absolute atomic E-state index is 12.4. The lowest BCUT2D eigenvalue weighted by atomic mass is 10.1. The highest BCUT2D eigenvalue weighted by atomic mass is 79.9. The van der Waals surface area contributed by atoms with Crippen LogP contribution >= 0.6 is 15.9 Å². The van der Waals surface area contributed by atoms with Crippen LogP contribution in [0.4, 0.5) is 0 Å². The van der Waals surface area contributed by atoms with E-state index in [0.717, 1.165) is 4.47 Å². The molecule has 1 amide bonds. The molecule has 6 nitrogen and oxygen atoms in total. The van der Waals surface area contributed by atoms with Crippen LogP contribution in [-0.2, 0) is 9.53 Å². The Balaban J connectivity index is 1.87. The van der Waals surface area contributed by atoms with Crippen molar-refractivity contribution in [3.63, 3.8) is 0 Å². The number of halogens is 1. The molecule has 0 spiro atoms. The molecule has 2 aromatic rings. The predicted octanol–water partition coefficient (Wildman–Crippen LogP) is 3.12. The minimum atomic E-state index is -0.652. The zero-order valence-corrected chi connectivity index (χ0v) is 14.8. The second-order valence-electron chi connectivity index (χ2n) is 5.13. The third-order valence-corrected chi connectivity index (χ3v) is 3.94. The van der Waals surface area contributed by atoms with E-state index in [4.69, 9.17) is 14.2 Å². The van der Waals surface area contributed by atoms with Crippen molar-refractivity contribution >= 4 is 33.9 Å². The van der Waals surface area contributed by atoms with E-state index in [1.54, 1.807) is 42.5 Å². The quantitative estimate of drug-likeness (QED) is 0.626. The minimum Gasteiger partial charge on any atom is -0.464 e. The number of fused-ring (bicyclic) bond motifs is 1. The highest BCUT2D eigenvalue weighted by Crippen LogP contribution is 2.33. The van der Waals surface area contributed by atoms with Gasteiger partial charge in [0.1, 0.15) is 5.70 Å². The zero-order valence-electron chi connectivity index (χ0n) is 13.2. The average Bonchev–Trinajstić information content (AvgIpc) is 3.08. The number of rotatable bonds is 4. The van der Waals surface area contributed by atoms with Crippen LogP contribution < -0.4 is 14.8 Å². The Hall–Kier alpha value is -2.80. The number of nitrogens with one attached hydrogen (secondary N) is 1. The summed E-state index contributed by atoms with van der Waals surface area (Å²) in [4.78, 5) is 24.4. The normalized spacial score (nSPS) is 12.6. The Labute approximate surface area is 152 Å². The van der Waals surface area contributed by atoms with Gasteiger partial charge in [-0.3, -0.25) is 4.79 Å². The first-order valence-electron chi connectivity index (χ1n) is 7.33. The molecule has 0 radical (unpaired) electrons. The van der Waals surface area contributed by atoms with Gasteiger partial charge in [-0.2, -0.15) is 0 Å². The lowest BCUT2D eigenvalue weighted by molar-refractivity contribution is -0.136. The molecule has 0 bridgehead atoms. The predicted molar refractivity (Wildman–Crippen MR) is 94.2 cm³/mol. The standard InChI is InChI=1S/C18H14BrNO5/c1-23-18(22)14(20-17(21)12-3-2-4-13(19)9-12)7-11-5-6-15-16(8-11)25-10-24-15/h2-9H,10H2,1H3,(H,20,21). The Morgan fingerprint density at radius 1 is 1.16 bits per heavy atom. The molecule has 3 rings (SSSR count). The van der Waals surface area contributed by atoms with Crippen molar-refractivity contribution < 1.29 is 23.8 Å². The Morgan fingerprint density at radius 3 is 2.72 bits per heavy atom. The highest BCUT2D eigenvalue weighted by Gasteiger charge is 2.17. The van der Waals surface area contributed by atoms with Gasteiger partial charge in [0, 0.05) is 10.0 Å². The van der Waals surface area contributed by atoms with E-state index in [1.165, 1.54) is 13.2 Å². The van der Waals surface area contributed by atoms with Crippen molar-refractivity contribution in [2.24, 2.45) is 0 Å². The molecular formula is C18H14BrNO5. The lowest BCUT2D eigenvalue weighted by Crippen LogP contribution is -2.28. The van der Waals surface area contributed by atoms with E-state index >= 15 is 0 Å². The Kier molecular flexibility index (Phi) is 5.04. The molecule has 2 aromatic carbocycles. The summed E-state index contributed by atoms with van der Waals surface area (Å²) < 4.78 is 16.1. The van der Waals surface area contributed by atoms with Gasteiger partial charge in [0.15, 0.2) is 11.5 Å². The molecule has 7 heteroatoms. The van der Waals surface area contributed by atoms with Crippen LogP contribution in [0.15, 0.2) is 52.6 Å². The van der Waals surface area contributed by atoms with E-state index in [1.807, 2.05) is 0 Å². The fourth-order valence-corrected chi connectivity index (χ4v) is 2.65. The maximum Gasteiger partial charge on any atom is 0.354 e. The van der Waals surface area contributed by atoms with Crippen molar-refractivity contribution in [1.82, 2.24) is 5.32 Å². The van der Waals surface area contributed by atoms with Gasteiger partial charge in [-0.1, -0.05) is 28.1 Å². The summed E-state index contributed by atoms with van der Waals surface area (Å²) in [6.45, 7) is 0.159. The van der Waals surface area contributed by atoms with Crippen LogP contribution in [0, 0.1) is 0 Å². The van der Waals surface area contributed by atoms with Gasteiger partial charge < -0.3 is 19.5 Å². The molecule has 25 heavy (non-hydrogen) atoms. The third kappa shape index (κ3) is 4.00. The van der Waals surface area contributed by atoms with Crippen LogP contribution in [-0.4, -0.2) is 25.8 Å². The molecule has 0 aliphatic carbocycles. The van der Waals surface area contributed by atoms with Crippen LogP contribution in [0.5, 0.6) is 11.5 Å². The van der Waals surface area contributed by atoms with Crippen molar-refractivity contribution in [2.45, 2.75) is 0 Å². The molecule has 0 saturated heterocycles. The van der Waals surface area contributed by atoms with Gasteiger partial charge in [0.2, 0.25) is 6.79 Å². The Bertz CT molecular complexity index is 862. The first kappa shape index (κ1) is 17.0. The summed E-state index contributed by atoms with van der Waals surface area (Å²) in [5, 5.41) is 2.58. The van der Waals surface area contributed by atoms with E-state index in [0.29, 0.717) is 22.6 Å². The fraction of sp³-hybridized carbons (Fsp3) is 0.111. The molecule has 0 fully saturated rings. The van der Waals surface area contributed by atoms with Crippen LogP contribution in [0.3, 0.4) is 0 Å². The summed E-state index contributed by atoms with van der Waals surface area (Å²) in [7, 11) is 1.25. The largest absolute Gasteiger partial charge is 0.464 e. The number of hydrogen-bond donors (Lipinski definition) is 1. The average molecular weight is 404 g/mol. The van der Waals surface area contributed by atoms with Gasteiger partial charge in [-0.25, -0.2) is 4.79 Å². The van der Waals surface area contributed by atoms with Crippen molar-refractivity contribution in [3.8, 4) is 11.5 Å². The van der Waals surface area contributed by atoms with Gasteiger partial charge in [-0.15, -0.1) is 0 Å². The number of esters is 1.